The van der Waals surface area contributed by atoms with E-state index in [1.165, 1.54) is 0 Å². The fourth-order valence-electron chi connectivity index (χ4n) is 4.03. The summed E-state index contributed by atoms with van der Waals surface area (Å²) in [4.78, 5) is 79.0. The summed E-state index contributed by atoms with van der Waals surface area (Å²) in [6.07, 6.45) is -0.234. The molecule has 0 aromatic carbocycles. The van der Waals surface area contributed by atoms with Gasteiger partial charge in [-0.1, -0.05) is 0 Å². The molecule has 0 aliphatic carbocycles. The highest BCUT2D eigenvalue weighted by Crippen LogP contribution is 2.10. The van der Waals surface area contributed by atoms with Gasteiger partial charge in [0.15, 0.2) is 0 Å². The van der Waals surface area contributed by atoms with Crippen LogP contribution in [0.5, 0.6) is 0 Å². The van der Waals surface area contributed by atoms with Gasteiger partial charge >= 0.3 is 24.4 Å². The van der Waals surface area contributed by atoms with Crippen molar-refractivity contribution in [1.82, 2.24) is 31.9 Å². The second-order valence-corrected chi connectivity index (χ2v) is 16.3. The molecule has 18 nitrogen and oxygen atoms in total. The lowest BCUT2D eigenvalue weighted by Gasteiger charge is -2.22. The van der Waals surface area contributed by atoms with Crippen LogP contribution in [0.1, 0.15) is 122 Å². The Morgan fingerprint density at radius 3 is 1.34 bits per heavy atom. The van der Waals surface area contributed by atoms with Crippen molar-refractivity contribution in [3.05, 3.63) is 0 Å². The molecule has 8 N–H and O–H groups in total. The zero-order chi connectivity index (χ0) is 41.0. The number of alkyl carbamates (subject to hydrolysis) is 4. The molecule has 0 aliphatic rings. The maximum absolute atomic E-state index is 13.3. The summed E-state index contributed by atoms with van der Waals surface area (Å²) in [5.41, 5.74) is 3.24. The average molecular weight is 759 g/mol. The molecule has 0 aromatic heterocycles. The Balaban J connectivity index is 5.42. The van der Waals surface area contributed by atoms with Crippen molar-refractivity contribution in [3.8, 4) is 0 Å². The molecule has 6 amide bonds. The molecule has 0 radical (unpaired) electrons. The lowest BCUT2D eigenvalue weighted by Crippen LogP contribution is -2.52. The minimum Gasteiger partial charge on any atom is -0.444 e. The van der Waals surface area contributed by atoms with Gasteiger partial charge in [-0.2, -0.15) is 0 Å². The van der Waals surface area contributed by atoms with Crippen LogP contribution in [0.2, 0.25) is 0 Å². The minimum atomic E-state index is -0.966. The number of aliphatic imine (C=N–C) groups is 1. The lowest BCUT2D eigenvalue weighted by atomic mass is 10.1. The molecule has 18 heteroatoms. The SMILES string of the molecule is CC(C)(C)OC(=O)NCCCC[C@H](NC(=O)[C@@H](N)CCCCNC(=O)OC(C)(C)C)C(=O)NCCN=C(NC(=O)OC(C)(C)C)NC(=O)OC(C)(C)C. The van der Waals surface area contributed by atoms with E-state index in [4.69, 9.17) is 24.7 Å². The third kappa shape index (κ3) is 28.9. The van der Waals surface area contributed by atoms with E-state index in [0.29, 0.717) is 45.2 Å². The van der Waals surface area contributed by atoms with Crippen LogP contribution in [0.3, 0.4) is 0 Å². The number of nitrogens with one attached hydrogen (secondary N) is 6. The van der Waals surface area contributed by atoms with E-state index < -0.39 is 70.7 Å². The molecule has 0 saturated carbocycles. The van der Waals surface area contributed by atoms with Crippen molar-refractivity contribution in [2.45, 2.75) is 156 Å². The van der Waals surface area contributed by atoms with Crippen LogP contribution in [0.15, 0.2) is 4.99 Å². The van der Waals surface area contributed by atoms with Gasteiger partial charge in [-0.05, 0) is 122 Å². The topological polar surface area (TPSA) is 250 Å². The Kier molecular flexibility index (Phi) is 20.8. The van der Waals surface area contributed by atoms with Gasteiger partial charge < -0.3 is 45.9 Å². The maximum atomic E-state index is 13.3. The Hall–Kier alpha value is -4.35. The average Bonchev–Trinajstić information content (AvgIpc) is 2.94. The van der Waals surface area contributed by atoms with Gasteiger partial charge in [0.05, 0.1) is 12.6 Å². The van der Waals surface area contributed by atoms with E-state index in [1.54, 1.807) is 83.1 Å². The molecule has 0 saturated heterocycles. The van der Waals surface area contributed by atoms with Crippen LogP contribution in [0, 0.1) is 0 Å². The number of rotatable bonds is 16. The third-order valence-corrected chi connectivity index (χ3v) is 6.09. The standard InChI is InChI=1S/C35H66N8O10/c1-32(2,3)50-28(46)39-19-15-13-17-23(36)25(44)41-24(18-14-16-20-40-29(47)51-33(4,5)6)26(45)37-21-22-38-27(42-30(48)52-34(7,8)9)43-31(49)53-35(10,11)12/h23-24H,13-22,36H2,1-12H3,(H,37,45)(H,39,46)(H,40,47)(H,41,44)(H2,38,42,43,48,49)/t23-,24-/m0/s1. The number of guanidine groups is 1. The Morgan fingerprint density at radius 1 is 0.528 bits per heavy atom. The van der Waals surface area contributed by atoms with E-state index in [1.807, 2.05) is 0 Å². The molecule has 0 aliphatic heterocycles. The van der Waals surface area contributed by atoms with Gasteiger partial charge in [0, 0.05) is 19.6 Å². The number of hydrogen-bond donors (Lipinski definition) is 7. The lowest BCUT2D eigenvalue weighted by molar-refractivity contribution is -0.129. The predicted octanol–water partition coefficient (Wildman–Crippen LogP) is 3.71. The van der Waals surface area contributed by atoms with Crippen molar-refractivity contribution in [1.29, 1.82) is 0 Å². The van der Waals surface area contributed by atoms with Gasteiger partial charge in [0.25, 0.3) is 0 Å². The molecule has 306 valence electrons. The van der Waals surface area contributed by atoms with Crippen LogP contribution in [-0.4, -0.2) is 103 Å². The number of hydrogen-bond acceptors (Lipinski definition) is 12. The zero-order valence-corrected chi connectivity index (χ0v) is 33.8. The van der Waals surface area contributed by atoms with Crippen LogP contribution in [0.4, 0.5) is 19.2 Å². The summed E-state index contributed by atoms with van der Waals surface area (Å²) in [5.74, 6) is -1.29. The Labute approximate surface area is 314 Å². The van der Waals surface area contributed by atoms with Gasteiger partial charge in [-0.3, -0.25) is 25.2 Å². The van der Waals surface area contributed by atoms with Crippen LogP contribution in [0.25, 0.3) is 0 Å². The van der Waals surface area contributed by atoms with Crippen LogP contribution < -0.4 is 37.6 Å². The Bertz CT molecular complexity index is 1200. The first kappa shape index (κ1) is 48.6. The first-order chi connectivity index (χ1) is 24.2. The van der Waals surface area contributed by atoms with E-state index in [9.17, 15) is 28.8 Å². The van der Waals surface area contributed by atoms with Crippen molar-refractivity contribution in [2.75, 3.05) is 26.2 Å². The molecule has 0 aromatic rings. The summed E-state index contributed by atoms with van der Waals surface area (Å²) >= 11 is 0. The first-order valence-electron chi connectivity index (χ1n) is 18.0. The number of amides is 6. The largest absolute Gasteiger partial charge is 0.444 e. The second kappa shape index (κ2) is 22.7. The van der Waals surface area contributed by atoms with E-state index in [-0.39, 0.29) is 25.5 Å². The minimum absolute atomic E-state index is 0.0302. The smallest absolute Gasteiger partial charge is 0.414 e. The number of nitrogens with zero attached hydrogens (tertiary/aromatic N) is 1. The van der Waals surface area contributed by atoms with Crippen molar-refractivity contribution >= 4 is 42.1 Å². The molecule has 0 spiro atoms. The van der Waals surface area contributed by atoms with E-state index >= 15 is 0 Å². The maximum Gasteiger partial charge on any atom is 0.414 e. The number of ether oxygens (including phenoxy) is 4. The fourth-order valence-corrected chi connectivity index (χ4v) is 4.03. The van der Waals surface area contributed by atoms with Gasteiger partial charge in [-0.15, -0.1) is 0 Å². The summed E-state index contributed by atoms with van der Waals surface area (Å²) in [6, 6.07) is -1.88. The van der Waals surface area contributed by atoms with Gasteiger partial charge in [-0.25, -0.2) is 19.2 Å². The summed E-state index contributed by atoms with van der Waals surface area (Å²) in [7, 11) is 0. The van der Waals surface area contributed by atoms with Crippen molar-refractivity contribution in [3.63, 3.8) is 0 Å². The van der Waals surface area contributed by atoms with Crippen LogP contribution in [-0.2, 0) is 28.5 Å². The number of carbonyl (C=O) groups is 6. The molecule has 0 fully saturated rings. The highest BCUT2D eigenvalue weighted by Gasteiger charge is 2.25. The summed E-state index contributed by atoms with van der Waals surface area (Å²) in [5, 5.41) is 15.5. The number of unbranched alkanes of at least 4 members (excludes halogenated alkanes) is 2. The van der Waals surface area contributed by atoms with E-state index in [2.05, 4.69) is 36.9 Å². The monoisotopic (exact) mass is 758 g/mol. The summed E-state index contributed by atoms with van der Waals surface area (Å²) < 4.78 is 20.9. The van der Waals surface area contributed by atoms with Crippen molar-refractivity contribution < 1.29 is 47.7 Å². The quantitative estimate of drug-likeness (QED) is 0.0517. The molecule has 53 heavy (non-hydrogen) atoms. The predicted molar refractivity (Wildman–Crippen MR) is 200 cm³/mol. The van der Waals surface area contributed by atoms with Gasteiger partial charge in [0.2, 0.25) is 17.8 Å². The molecule has 0 heterocycles. The van der Waals surface area contributed by atoms with E-state index in [0.717, 1.165) is 0 Å². The Morgan fingerprint density at radius 2 is 0.925 bits per heavy atom. The fraction of sp³-hybridized carbons (Fsp3) is 0.800. The summed E-state index contributed by atoms with van der Waals surface area (Å²) in [6.45, 7) is 21.1. The highest BCUT2D eigenvalue weighted by atomic mass is 16.6. The van der Waals surface area contributed by atoms with Crippen molar-refractivity contribution in [2.24, 2.45) is 10.7 Å². The highest BCUT2D eigenvalue weighted by molar-refractivity contribution is 6.01. The first-order valence-corrected chi connectivity index (χ1v) is 18.0. The van der Waals surface area contributed by atoms with Crippen LogP contribution >= 0.6 is 0 Å². The third-order valence-electron chi connectivity index (χ3n) is 6.09. The normalized spacial score (nSPS) is 12.9. The molecular formula is C35H66N8O10. The second-order valence-electron chi connectivity index (χ2n) is 16.3. The van der Waals surface area contributed by atoms with Gasteiger partial charge in [0.1, 0.15) is 28.4 Å². The number of carbonyl (C=O) groups excluding carboxylic acids is 6. The molecule has 0 bridgehead atoms. The number of nitrogens with two attached hydrogens (primary N) is 1. The molecule has 0 unspecified atom stereocenters. The zero-order valence-electron chi connectivity index (χ0n) is 33.8. The molecular weight excluding hydrogens is 692 g/mol. The molecule has 2 atom stereocenters. The molecule has 0 rings (SSSR count).